The van der Waals surface area contributed by atoms with E-state index in [0.29, 0.717) is 41.2 Å². The monoisotopic (exact) mass is 546 g/mol. The van der Waals surface area contributed by atoms with Crippen molar-refractivity contribution in [2.24, 2.45) is 5.92 Å². The number of hydrogen-bond acceptors (Lipinski definition) is 8. The maximum Gasteiger partial charge on any atom is 0.152 e. The molecule has 3 aromatic rings. The van der Waals surface area contributed by atoms with Gasteiger partial charge in [-0.3, -0.25) is 0 Å². The molecule has 7 rings (SSSR count). The van der Waals surface area contributed by atoms with Crippen LogP contribution < -0.4 is 10.5 Å². The van der Waals surface area contributed by atoms with Crippen molar-refractivity contribution >= 4 is 26.7 Å². The summed E-state index contributed by atoms with van der Waals surface area (Å²) < 4.78 is 113. The van der Waals surface area contributed by atoms with Crippen LogP contribution in [0.5, 0.6) is 5.75 Å². The van der Waals surface area contributed by atoms with Crippen molar-refractivity contribution in [3.05, 3.63) is 36.8 Å². The lowest BCUT2D eigenvalue weighted by Gasteiger charge is -2.40. The van der Waals surface area contributed by atoms with Gasteiger partial charge in [-0.2, -0.15) is 0 Å². The van der Waals surface area contributed by atoms with Crippen LogP contribution in [0, 0.1) is 5.92 Å². The molecule has 0 spiro atoms. The van der Waals surface area contributed by atoms with Gasteiger partial charge >= 0.3 is 0 Å². The van der Waals surface area contributed by atoms with Crippen LogP contribution in [0.2, 0.25) is 0 Å². The van der Waals surface area contributed by atoms with E-state index in [1.54, 1.807) is 24.3 Å². The minimum atomic E-state index is -3.19. The third kappa shape index (κ3) is 4.46. The fraction of sp³-hybridized carbons (Fsp3) is 0.571. The molecule has 1 aromatic carbocycles. The van der Waals surface area contributed by atoms with E-state index in [2.05, 4.69) is 19.4 Å². The molecule has 0 radical (unpaired) electrons. The number of ether oxygens (including phenoxy) is 2. The van der Waals surface area contributed by atoms with Gasteiger partial charge in [0.15, 0.2) is 9.84 Å². The number of benzene rings is 1. The molecule has 1 aliphatic carbocycles. The second kappa shape index (κ2) is 9.20. The maximum atomic E-state index is 11.8. The minimum absolute atomic E-state index is 0.138. The molecule has 4 aliphatic rings. The molecule has 202 valence electrons. The van der Waals surface area contributed by atoms with Gasteiger partial charge in [0.25, 0.3) is 0 Å². The second-order valence-electron chi connectivity index (χ2n) is 10.4. The third-order valence-corrected chi connectivity index (χ3v) is 9.42. The summed E-state index contributed by atoms with van der Waals surface area (Å²) >= 11 is 0. The Labute approximate surface area is 235 Å². The lowest BCUT2D eigenvalue weighted by Crippen LogP contribution is -2.44. The number of rotatable bonds is 7. The molecule has 2 bridgehead atoms. The van der Waals surface area contributed by atoms with E-state index < -0.39 is 53.6 Å². The van der Waals surface area contributed by atoms with E-state index in [-0.39, 0.29) is 29.1 Å². The van der Waals surface area contributed by atoms with Crippen LogP contribution in [0.3, 0.4) is 0 Å². The number of hydrogen-bond donors (Lipinski definition) is 1. The van der Waals surface area contributed by atoms with Crippen molar-refractivity contribution in [3.8, 4) is 16.9 Å². The summed E-state index contributed by atoms with van der Waals surface area (Å²) in [5, 5.41) is 0.621. The normalized spacial score (nSPS) is 41.2. The van der Waals surface area contributed by atoms with Crippen LogP contribution >= 0.6 is 0 Å². The number of nitrogens with zero attached hydrogens (tertiary/aromatic N) is 4. The summed E-state index contributed by atoms with van der Waals surface area (Å²) in [7, 11) is -2.94. The van der Waals surface area contributed by atoms with Gasteiger partial charge in [-0.05, 0) is 61.9 Å². The van der Waals surface area contributed by atoms with Gasteiger partial charge in [0, 0.05) is 48.4 Å². The third-order valence-electron chi connectivity index (χ3n) is 7.82. The van der Waals surface area contributed by atoms with Crippen molar-refractivity contribution in [3.63, 3.8) is 0 Å². The predicted octanol–water partition coefficient (Wildman–Crippen LogP) is 3.45. The molecular weight excluding hydrogens is 502 g/mol. The number of nitrogen functional groups attached to an aromatic ring is 1. The maximum absolute atomic E-state index is 11.8. The first-order valence-corrected chi connectivity index (χ1v) is 14.6. The smallest absolute Gasteiger partial charge is 0.152 e. The Morgan fingerprint density at radius 2 is 2.00 bits per heavy atom. The average molecular weight is 547 g/mol. The SMILES string of the molecule is [2H]C1([2H])C([2H])([2H])C2(COc3cccc(-c4cn(C5CC(CN6CCS(=O)(=O)CC6)C5)c5ncnc(N)c45)c3)OC1([2H])C([2H])([2H])C2([2H])[2H]. The highest BCUT2D eigenvalue weighted by Gasteiger charge is 2.46. The molecule has 3 aliphatic heterocycles. The zero-order valence-electron chi connectivity index (χ0n) is 29.7. The first kappa shape index (κ1) is 16.4. The fourth-order valence-electron chi connectivity index (χ4n) is 5.67. The molecule has 5 heterocycles. The molecule has 3 saturated heterocycles. The molecular formula is C28H35N5O4S. The van der Waals surface area contributed by atoms with Gasteiger partial charge < -0.3 is 24.7 Å². The first-order valence-electron chi connectivity index (χ1n) is 17.3. The molecule has 38 heavy (non-hydrogen) atoms. The van der Waals surface area contributed by atoms with Crippen LogP contribution in [0.4, 0.5) is 5.82 Å². The molecule has 0 unspecified atom stereocenters. The standard InChI is InChI=1S/C28H35N5O4S/c29-26-25-24(20-2-1-3-23(14-20)36-17-28-6-4-22(37-28)5-7-28)16-33(27(25)31-18-30-26)21-12-19(13-21)15-32-8-10-38(34,35)11-9-32/h1-3,14,16,18-19,21-22H,4-13,15,17H2,(H2,29,30,31)/i4D2,5D2,6D2,7D2,22D. The van der Waals surface area contributed by atoms with E-state index in [4.69, 9.17) is 27.5 Å². The molecule has 4 fully saturated rings. The predicted molar refractivity (Wildman–Crippen MR) is 146 cm³/mol. The number of aromatic nitrogens is 3. The Morgan fingerprint density at radius 3 is 2.79 bits per heavy atom. The van der Waals surface area contributed by atoms with E-state index in [9.17, 15) is 8.42 Å². The molecule has 0 atom stereocenters. The van der Waals surface area contributed by atoms with E-state index in [0.717, 1.165) is 19.4 Å². The quantitative estimate of drug-likeness (QED) is 0.480. The Morgan fingerprint density at radius 1 is 1.21 bits per heavy atom. The van der Waals surface area contributed by atoms with Gasteiger partial charge in [0.2, 0.25) is 0 Å². The van der Waals surface area contributed by atoms with Crippen LogP contribution in [0.25, 0.3) is 22.2 Å². The second-order valence-corrected chi connectivity index (χ2v) is 12.7. The largest absolute Gasteiger partial charge is 0.491 e. The van der Waals surface area contributed by atoms with Crippen LogP contribution in [0.1, 0.15) is 56.7 Å². The molecule has 2 N–H and O–H groups in total. The number of nitrogens with two attached hydrogens (primary N) is 1. The lowest BCUT2D eigenvalue weighted by atomic mass is 9.79. The van der Waals surface area contributed by atoms with Crippen molar-refractivity contribution in [2.45, 2.75) is 56.1 Å². The van der Waals surface area contributed by atoms with Crippen LogP contribution in [0.15, 0.2) is 36.8 Å². The molecule has 2 aromatic heterocycles. The zero-order chi connectivity index (χ0) is 34.0. The zero-order valence-corrected chi connectivity index (χ0v) is 21.5. The topological polar surface area (TPSA) is 113 Å². The Balaban J connectivity index is 1.14. The molecule has 9 nitrogen and oxygen atoms in total. The van der Waals surface area contributed by atoms with Gasteiger partial charge in [-0.25, -0.2) is 18.4 Å². The summed E-state index contributed by atoms with van der Waals surface area (Å²) in [5.41, 5.74) is 5.57. The van der Waals surface area contributed by atoms with Crippen molar-refractivity contribution in [1.82, 2.24) is 19.4 Å². The first-order chi connectivity index (χ1) is 21.8. The van der Waals surface area contributed by atoms with Crippen molar-refractivity contribution < 1.29 is 30.2 Å². The summed E-state index contributed by atoms with van der Waals surface area (Å²) in [4.78, 5) is 10.9. The van der Waals surface area contributed by atoms with Gasteiger partial charge in [0.1, 0.15) is 35.7 Å². The Hall–Kier alpha value is -2.69. The van der Waals surface area contributed by atoms with Crippen LogP contribution in [-0.4, -0.2) is 77.3 Å². The number of fused-ring (bicyclic) bond motifs is 3. The summed E-state index contributed by atoms with van der Waals surface area (Å²) in [5.74, 6) is 1.22. The average Bonchev–Trinajstić information content (AvgIpc) is 3.46. The highest BCUT2D eigenvalue weighted by Crippen LogP contribution is 2.45. The lowest BCUT2D eigenvalue weighted by molar-refractivity contribution is -0.0198. The highest BCUT2D eigenvalue weighted by molar-refractivity contribution is 7.91. The summed E-state index contributed by atoms with van der Waals surface area (Å²) in [6, 6.07) is 6.79. The van der Waals surface area contributed by atoms with Gasteiger partial charge in [0.05, 0.1) is 24.3 Å². The van der Waals surface area contributed by atoms with Crippen LogP contribution in [-0.2, 0) is 14.6 Å². The van der Waals surface area contributed by atoms with Crippen molar-refractivity contribution in [2.75, 3.05) is 43.5 Å². The van der Waals surface area contributed by atoms with Gasteiger partial charge in [-0.1, -0.05) is 12.1 Å². The number of sulfone groups is 1. The Kier molecular flexibility index (Phi) is 3.98. The number of anilines is 1. The van der Waals surface area contributed by atoms with E-state index in [1.165, 1.54) is 6.33 Å². The molecule has 0 amide bonds. The highest BCUT2D eigenvalue weighted by atomic mass is 32.2. The van der Waals surface area contributed by atoms with Gasteiger partial charge in [-0.15, -0.1) is 0 Å². The summed E-state index contributed by atoms with van der Waals surface area (Å²) in [6.45, 7) is 1.04. The molecule has 1 saturated carbocycles. The minimum Gasteiger partial charge on any atom is -0.491 e. The van der Waals surface area contributed by atoms with Crippen molar-refractivity contribution in [1.29, 1.82) is 0 Å². The van der Waals surface area contributed by atoms with E-state index >= 15 is 0 Å². The fourth-order valence-corrected chi connectivity index (χ4v) is 6.95. The van der Waals surface area contributed by atoms with E-state index in [1.807, 2.05) is 6.20 Å². The Bertz CT molecular complexity index is 1820. The molecule has 10 heteroatoms. The summed E-state index contributed by atoms with van der Waals surface area (Å²) in [6.07, 6.45) is -10.6.